The van der Waals surface area contributed by atoms with Crippen LogP contribution in [0.1, 0.15) is 51.9 Å². The maximum atomic E-state index is 10.6. The van der Waals surface area contributed by atoms with E-state index in [0.717, 1.165) is 19.3 Å². The third-order valence-corrected chi connectivity index (χ3v) is 4.45. The Kier molecular flexibility index (Phi) is 12.4. The summed E-state index contributed by atoms with van der Waals surface area (Å²) in [6.07, 6.45) is 15.4. The summed E-state index contributed by atoms with van der Waals surface area (Å²) in [5.41, 5.74) is 0. The van der Waals surface area contributed by atoms with Crippen LogP contribution in [0.4, 0.5) is 0 Å². The molecule has 6 heteroatoms. The summed E-state index contributed by atoms with van der Waals surface area (Å²) in [4.78, 5) is 10.6. The number of aliphatic hydroxyl groups excluding tert-OH is 3. The first-order valence-electron chi connectivity index (χ1n) is 9.98. The normalized spacial score (nSPS) is 25.5. The average molecular weight is 395 g/mol. The van der Waals surface area contributed by atoms with Crippen molar-refractivity contribution < 1.29 is 30.0 Å². The molecule has 1 saturated heterocycles. The molecule has 0 radical (unpaired) electrons. The van der Waals surface area contributed by atoms with E-state index in [0.29, 0.717) is 6.42 Å². The maximum absolute atomic E-state index is 10.6. The largest absolute Gasteiger partial charge is 0.481 e. The lowest BCUT2D eigenvalue weighted by atomic mass is 10.0. The van der Waals surface area contributed by atoms with Crippen molar-refractivity contribution in [1.29, 1.82) is 0 Å². The smallest absolute Gasteiger partial charge is 0.303 e. The van der Waals surface area contributed by atoms with Gasteiger partial charge in [0.1, 0.15) is 6.10 Å². The van der Waals surface area contributed by atoms with Crippen molar-refractivity contribution in [3.63, 3.8) is 0 Å². The van der Waals surface area contributed by atoms with E-state index in [-0.39, 0.29) is 19.3 Å². The molecule has 0 aromatic carbocycles. The Morgan fingerprint density at radius 2 is 1.75 bits per heavy atom. The summed E-state index contributed by atoms with van der Waals surface area (Å²) >= 11 is 0. The molecule has 0 aromatic rings. The van der Waals surface area contributed by atoms with Gasteiger partial charge in [0.25, 0.3) is 0 Å². The molecule has 1 rings (SSSR count). The molecule has 1 aliphatic heterocycles. The van der Waals surface area contributed by atoms with Crippen molar-refractivity contribution in [2.75, 3.05) is 0 Å². The number of carboxylic acids is 1. The summed E-state index contributed by atoms with van der Waals surface area (Å²) in [7, 11) is 0. The highest BCUT2D eigenvalue weighted by Crippen LogP contribution is 2.25. The van der Waals surface area contributed by atoms with Crippen LogP contribution in [0.2, 0.25) is 0 Å². The molecule has 0 unspecified atom stereocenters. The summed E-state index contributed by atoms with van der Waals surface area (Å²) in [6, 6.07) is 0. The van der Waals surface area contributed by atoms with E-state index in [9.17, 15) is 20.1 Å². The summed E-state index contributed by atoms with van der Waals surface area (Å²) in [5.74, 6) is -0.978. The highest BCUT2D eigenvalue weighted by molar-refractivity contribution is 5.66. The van der Waals surface area contributed by atoms with Gasteiger partial charge >= 0.3 is 5.97 Å². The van der Waals surface area contributed by atoms with Gasteiger partial charge < -0.3 is 25.2 Å². The minimum absolute atomic E-state index is 0.0832. The van der Waals surface area contributed by atoms with Gasteiger partial charge in [0.15, 0.2) is 0 Å². The molecule has 1 heterocycles. The van der Waals surface area contributed by atoms with Crippen LogP contribution in [0.5, 0.6) is 0 Å². The lowest BCUT2D eigenvalue weighted by Crippen LogP contribution is -2.26. The lowest BCUT2D eigenvalue weighted by molar-refractivity contribution is -0.138. The number of hydrogen-bond acceptors (Lipinski definition) is 5. The summed E-state index contributed by atoms with van der Waals surface area (Å²) < 4.78 is 5.59. The molecular weight excluding hydrogens is 360 g/mol. The van der Waals surface area contributed by atoms with E-state index in [1.54, 1.807) is 12.2 Å². The first-order chi connectivity index (χ1) is 13.4. The van der Waals surface area contributed by atoms with Crippen LogP contribution < -0.4 is 0 Å². The first-order valence-corrected chi connectivity index (χ1v) is 9.98. The van der Waals surface area contributed by atoms with Gasteiger partial charge in [0.05, 0.1) is 24.4 Å². The fourth-order valence-electron chi connectivity index (χ4n) is 2.86. The predicted molar refractivity (Wildman–Crippen MR) is 109 cm³/mol. The maximum Gasteiger partial charge on any atom is 0.303 e. The second-order valence-electron chi connectivity index (χ2n) is 6.92. The molecule has 158 valence electrons. The number of aliphatic carboxylic acids is 1. The first kappa shape index (κ1) is 24.3. The highest BCUT2D eigenvalue weighted by atomic mass is 16.5. The quantitative estimate of drug-likeness (QED) is 0.358. The molecule has 0 amide bonds. The second kappa shape index (κ2) is 14.3. The van der Waals surface area contributed by atoms with Crippen molar-refractivity contribution in [3.8, 4) is 0 Å². The Bertz CT molecular complexity index is 551. The van der Waals surface area contributed by atoms with Crippen LogP contribution in [0.3, 0.4) is 0 Å². The van der Waals surface area contributed by atoms with Crippen molar-refractivity contribution in [1.82, 2.24) is 0 Å². The molecule has 0 aliphatic carbocycles. The van der Waals surface area contributed by atoms with E-state index in [1.165, 1.54) is 0 Å². The van der Waals surface area contributed by atoms with Crippen molar-refractivity contribution in [2.24, 2.45) is 0 Å². The van der Waals surface area contributed by atoms with Crippen molar-refractivity contribution in [2.45, 2.75) is 82.4 Å². The fourth-order valence-corrected chi connectivity index (χ4v) is 2.86. The standard InChI is InChI=1S/C22H34O6/c1-2-3-4-5-6-7-8-9-10-11-17(23)12-14-20-19(25)16-21(28-20)18(24)13-15-22(26)27/h3-4,6-7,9-10,12,14,17-21,23-25H,2,5,8,11,13,15-16H2,1H3,(H,26,27)/b4-3-,7-6-,10-9-,14-12+/t17-,18-,19-,20+,21-/m1/s1. The minimum atomic E-state index is -0.978. The minimum Gasteiger partial charge on any atom is -0.481 e. The van der Waals surface area contributed by atoms with Gasteiger partial charge in [0, 0.05) is 12.8 Å². The molecule has 4 N–H and O–H groups in total. The van der Waals surface area contributed by atoms with Crippen LogP contribution in [-0.4, -0.2) is 56.9 Å². The Labute approximate surface area is 167 Å². The molecule has 1 aliphatic rings. The van der Waals surface area contributed by atoms with E-state index in [4.69, 9.17) is 9.84 Å². The van der Waals surface area contributed by atoms with Crippen LogP contribution >= 0.6 is 0 Å². The molecule has 0 bridgehead atoms. The van der Waals surface area contributed by atoms with Gasteiger partial charge in [-0.3, -0.25) is 4.79 Å². The van der Waals surface area contributed by atoms with Gasteiger partial charge in [-0.25, -0.2) is 0 Å². The Balaban J connectivity index is 2.29. The number of aliphatic hydroxyl groups is 3. The van der Waals surface area contributed by atoms with Crippen LogP contribution in [0, 0.1) is 0 Å². The Morgan fingerprint density at radius 3 is 2.39 bits per heavy atom. The predicted octanol–water partition coefficient (Wildman–Crippen LogP) is 2.90. The Morgan fingerprint density at radius 1 is 1.11 bits per heavy atom. The van der Waals surface area contributed by atoms with Gasteiger partial charge in [-0.2, -0.15) is 0 Å². The number of ether oxygens (including phenoxy) is 1. The molecule has 0 saturated carbocycles. The van der Waals surface area contributed by atoms with E-state index >= 15 is 0 Å². The van der Waals surface area contributed by atoms with Crippen molar-refractivity contribution >= 4 is 5.97 Å². The average Bonchev–Trinajstić information content (AvgIpc) is 3.04. The lowest BCUT2D eigenvalue weighted by Gasteiger charge is -2.17. The van der Waals surface area contributed by atoms with E-state index < -0.39 is 36.5 Å². The van der Waals surface area contributed by atoms with Crippen molar-refractivity contribution in [3.05, 3.63) is 48.6 Å². The molecule has 0 spiro atoms. The van der Waals surface area contributed by atoms with Gasteiger partial charge in [-0.15, -0.1) is 0 Å². The molecule has 1 fully saturated rings. The number of rotatable bonds is 13. The van der Waals surface area contributed by atoms with Crippen LogP contribution in [0.15, 0.2) is 48.6 Å². The monoisotopic (exact) mass is 394 g/mol. The Hall–Kier alpha value is -1.73. The molecule has 5 atom stereocenters. The van der Waals surface area contributed by atoms with E-state index in [1.807, 2.05) is 12.2 Å². The molecule has 6 nitrogen and oxygen atoms in total. The number of hydrogen-bond donors (Lipinski definition) is 4. The van der Waals surface area contributed by atoms with Gasteiger partial charge in [0.2, 0.25) is 0 Å². The summed E-state index contributed by atoms with van der Waals surface area (Å²) in [5, 5.41) is 38.7. The SMILES string of the molecule is CC/C=C\C/C=C\C/C=C\C[C@@H](O)/C=C/[C@@H]1O[C@@H]([C@H](O)CCC(=O)O)C[C@H]1O. The zero-order valence-electron chi connectivity index (χ0n) is 16.6. The number of carboxylic acid groups (broad SMARTS) is 1. The molecule has 28 heavy (non-hydrogen) atoms. The molecular formula is C22H34O6. The third kappa shape index (κ3) is 10.6. The second-order valence-corrected chi connectivity index (χ2v) is 6.92. The highest BCUT2D eigenvalue weighted by Gasteiger charge is 2.36. The zero-order valence-corrected chi connectivity index (χ0v) is 16.6. The topological polar surface area (TPSA) is 107 Å². The van der Waals surface area contributed by atoms with Crippen LogP contribution in [-0.2, 0) is 9.53 Å². The fraction of sp³-hybridized carbons (Fsp3) is 0.591. The third-order valence-electron chi connectivity index (χ3n) is 4.45. The molecule has 0 aromatic heterocycles. The number of carbonyl (C=O) groups is 1. The van der Waals surface area contributed by atoms with Gasteiger partial charge in [-0.1, -0.05) is 55.5 Å². The zero-order chi connectivity index (χ0) is 20.8. The number of allylic oxidation sites excluding steroid dienone is 5. The van der Waals surface area contributed by atoms with E-state index in [2.05, 4.69) is 31.2 Å². The van der Waals surface area contributed by atoms with Gasteiger partial charge in [-0.05, 0) is 32.1 Å². The van der Waals surface area contributed by atoms with Crippen LogP contribution in [0.25, 0.3) is 0 Å². The summed E-state index contributed by atoms with van der Waals surface area (Å²) in [6.45, 7) is 2.10.